The van der Waals surface area contributed by atoms with Gasteiger partial charge in [0.25, 0.3) is 0 Å². The molecule has 0 aliphatic rings. The summed E-state index contributed by atoms with van der Waals surface area (Å²) in [4.78, 5) is 0. The van der Waals surface area contributed by atoms with Gasteiger partial charge in [0.05, 0.1) is 0 Å². The van der Waals surface area contributed by atoms with E-state index in [1.807, 2.05) is 0 Å². The van der Waals surface area contributed by atoms with E-state index in [-0.39, 0.29) is 0 Å². The molecule has 7 heavy (non-hydrogen) atoms. The van der Waals surface area contributed by atoms with Crippen molar-refractivity contribution in [1.82, 2.24) is 10.2 Å². The molecule has 0 aliphatic heterocycles. The van der Waals surface area contributed by atoms with Crippen LogP contribution < -0.4 is 11.2 Å². The molecule has 0 spiro atoms. The molecule has 0 fully saturated rings. The van der Waals surface area contributed by atoms with E-state index >= 15 is 0 Å². The molecule has 0 unspecified atom stereocenters. The minimum absolute atomic E-state index is 0.431. The number of aromatic nitrogens is 2. The number of hydrogen-bond acceptors (Lipinski definition) is 2. The monoisotopic (exact) mass is 93.0 g/mol. The highest BCUT2D eigenvalue weighted by Crippen LogP contribution is 1.80. The molecule has 0 aromatic carbocycles. The van der Waals surface area contributed by atoms with Crippen molar-refractivity contribution in [2.75, 3.05) is 5.73 Å². The molecule has 1 aromatic heterocycles. The standard InChI is InChI=1S/C3H4BN3/c4-2-1-6-7-3(2)5/h1H,(H3,5,6,7). The van der Waals surface area contributed by atoms with E-state index < -0.39 is 0 Å². The van der Waals surface area contributed by atoms with E-state index in [1.165, 1.54) is 6.20 Å². The van der Waals surface area contributed by atoms with Crippen LogP contribution in [0.25, 0.3) is 0 Å². The molecule has 1 aromatic rings. The number of nitrogens with zero attached hydrogens (tertiary/aromatic N) is 1. The van der Waals surface area contributed by atoms with Crippen LogP contribution in [0.2, 0.25) is 0 Å². The summed E-state index contributed by atoms with van der Waals surface area (Å²) in [6.07, 6.45) is 1.47. The van der Waals surface area contributed by atoms with E-state index in [9.17, 15) is 0 Å². The molecule has 34 valence electrons. The molecule has 0 saturated carbocycles. The van der Waals surface area contributed by atoms with Gasteiger partial charge in [-0.2, -0.15) is 5.10 Å². The number of hydrogen-bond donors (Lipinski definition) is 2. The van der Waals surface area contributed by atoms with Gasteiger partial charge in [0, 0.05) is 6.20 Å². The van der Waals surface area contributed by atoms with Crippen LogP contribution in [0, 0.1) is 0 Å². The van der Waals surface area contributed by atoms with Crippen LogP contribution in [-0.2, 0) is 0 Å². The van der Waals surface area contributed by atoms with Gasteiger partial charge in [-0.05, 0) is 5.46 Å². The zero-order valence-corrected chi connectivity index (χ0v) is 3.68. The van der Waals surface area contributed by atoms with Gasteiger partial charge in [-0.3, -0.25) is 5.10 Å². The van der Waals surface area contributed by atoms with Gasteiger partial charge in [0.15, 0.2) is 0 Å². The van der Waals surface area contributed by atoms with Gasteiger partial charge in [-0.15, -0.1) is 0 Å². The molecular weight excluding hydrogens is 88.9 g/mol. The van der Waals surface area contributed by atoms with Crippen LogP contribution in [0.15, 0.2) is 6.20 Å². The van der Waals surface area contributed by atoms with E-state index in [0.29, 0.717) is 11.3 Å². The van der Waals surface area contributed by atoms with E-state index in [1.54, 1.807) is 0 Å². The van der Waals surface area contributed by atoms with Crippen molar-refractivity contribution in [1.29, 1.82) is 0 Å². The lowest BCUT2D eigenvalue weighted by atomic mass is 10.0. The largest absolute Gasteiger partial charge is 0.385 e. The zero-order valence-electron chi connectivity index (χ0n) is 3.68. The maximum atomic E-state index is 5.22. The first-order chi connectivity index (χ1) is 3.30. The number of nitrogens with one attached hydrogen (secondary N) is 1. The van der Waals surface area contributed by atoms with Crippen molar-refractivity contribution in [3.8, 4) is 0 Å². The summed E-state index contributed by atoms with van der Waals surface area (Å²) in [7, 11) is 5.22. The lowest BCUT2D eigenvalue weighted by Gasteiger charge is -1.80. The first kappa shape index (κ1) is 4.24. The second kappa shape index (κ2) is 1.29. The minimum atomic E-state index is 0.431. The maximum absolute atomic E-state index is 5.22. The second-order valence-corrected chi connectivity index (χ2v) is 1.24. The molecule has 3 nitrogen and oxygen atoms in total. The molecular formula is C3H4BN3. The van der Waals surface area contributed by atoms with Crippen molar-refractivity contribution >= 4 is 19.1 Å². The SMILES string of the molecule is [B]c1cn[nH]c1N. The third kappa shape index (κ3) is 0.583. The topological polar surface area (TPSA) is 54.7 Å². The van der Waals surface area contributed by atoms with Gasteiger partial charge >= 0.3 is 0 Å². The van der Waals surface area contributed by atoms with Crippen molar-refractivity contribution < 1.29 is 0 Å². The van der Waals surface area contributed by atoms with Crippen molar-refractivity contribution in [2.24, 2.45) is 0 Å². The number of H-pyrrole nitrogens is 1. The van der Waals surface area contributed by atoms with Crippen molar-refractivity contribution in [2.45, 2.75) is 0 Å². The Labute approximate surface area is 42.3 Å². The summed E-state index contributed by atoms with van der Waals surface area (Å²) >= 11 is 0. The highest BCUT2D eigenvalue weighted by Gasteiger charge is 1.87. The predicted molar refractivity (Wildman–Crippen MR) is 28.4 cm³/mol. The average Bonchev–Trinajstić information content (AvgIpc) is 1.91. The zero-order chi connectivity index (χ0) is 5.28. The number of rotatable bonds is 0. The third-order valence-corrected chi connectivity index (χ3v) is 0.700. The Bertz CT molecular complexity index is 142. The summed E-state index contributed by atoms with van der Waals surface area (Å²) in [6.45, 7) is 0. The lowest BCUT2D eigenvalue weighted by Crippen LogP contribution is -2.04. The Morgan fingerprint density at radius 1 is 1.86 bits per heavy atom. The molecule has 1 heterocycles. The summed E-state index contributed by atoms with van der Waals surface area (Å²) < 4.78 is 0. The highest BCUT2D eigenvalue weighted by atomic mass is 15.1. The molecule has 0 aliphatic carbocycles. The number of nitrogens with two attached hydrogens (primary N) is 1. The fourth-order valence-corrected chi connectivity index (χ4v) is 0.305. The quantitative estimate of drug-likeness (QED) is 0.395. The number of aromatic amines is 1. The van der Waals surface area contributed by atoms with Gasteiger partial charge in [-0.1, -0.05) is 0 Å². The van der Waals surface area contributed by atoms with Crippen LogP contribution in [-0.4, -0.2) is 18.0 Å². The molecule has 3 N–H and O–H groups in total. The van der Waals surface area contributed by atoms with E-state index in [2.05, 4.69) is 10.2 Å². The fourth-order valence-electron chi connectivity index (χ4n) is 0.305. The first-order valence-corrected chi connectivity index (χ1v) is 1.85. The predicted octanol–water partition coefficient (Wildman–Crippen LogP) is -1.21. The van der Waals surface area contributed by atoms with Crippen molar-refractivity contribution in [3.63, 3.8) is 0 Å². The van der Waals surface area contributed by atoms with Crippen molar-refractivity contribution in [3.05, 3.63) is 6.20 Å². The Morgan fingerprint density at radius 3 is 2.71 bits per heavy atom. The summed E-state index contributed by atoms with van der Waals surface area (Å²) in [5.74, 6) is 0.431. The van der Waals surface area contributed by atoms with Crippen LogP contribution in [0.4, 0.5) is 5.82 Å². The summed E-state index contributed by atoms with van der Waals surface area (Å²) in [6, 6.07) is 0. The second-order valence-electron chi connectivity index (χ2n) is 1.24. The summed E-state index contributed by atoms with van der Waals surface area (Å²) in [5, 5.41) is 6.02. The molecule has 0 amide bonds. The minimum Gasteiger partial charge on any atom is -0.385 e. The molecule has 2 radical (unpaired) electrons. The number of anilines is 1. The maximum Gasteiger partial charge on any atom is 0.121 e. The fraction of sp³-hybridized carbons (Fsp3) is 0. The number of nitrogen functional groups attached to an aromatic ring is 1. The molecule has 0 saturated heterocycles. The highest BCUT2D eigenvalue weighted by molar-refractivity contribution is 6.35. The summed E-state index contributed by atoms with van der Waals surface area (Å²) in [5.41, 5.74) is 5.70. The van der Waals surface area contributed by atoms with E-state index in [4.69, 9.17) is 13.6 Å². The van der Waals surface area contributed by atoms with Gasteiger partial charge in [0.2, 0.25) is 0 Å². The lowest BCUT2D eigenvalue weighted by molar-refractivity contribution is 1.10. The van der Waals surface area contributed by atoms with Crippen LogP contribution in [0.1, 0.15) is 0 Å². The van der Waals surface area contributed by atoms with Gasteiger partial charge in [0.1, 0.15) is 13.7 Å². The molecule has 1 rings (SSSR count). The van der Waals surface area contributed by atoms with Crippen LogP contribution in [0.3, 0.4) is 0 Å². The average molecular weight is 92.9 g/mol. The Hall–Kier alpha value is -0.925. The third-order valence-electron chi connectivity index (χ3n) is 0.700. The smallest absolute Gasteiger partial charge is 0.121 e. The van der Waals surface area contributed by atoms with Crippen LogP contribution in [0.5, 0.6) is 0 Å². The normalized spacial score (nSPS) is 9.14. The van der Waals surface area contributed by atoms with E-state index in [0.717, 1.165) is 0 Å². The van der Waals surface area contributed by atoms with Crippen LogP contribution >= 0.6 is 0 Å². The Morgan fingerprint density at radius 2 is 2.57 bits per heavy atom. The van der Waals surface area contributed by atoms with Gasteiger partial charge in [-0.25, -0.2) is 0 Å². The molecule has 4 heteroatoms. The first-order valence-electron chi connectivity index (χ1n) is 1.85. The molecule has 0 bridgehead atoms. The molecule has 0 atom stereocenters. The van der Waals surface area contributed by atoms with Gasteiger partial charge < -0.3 is 5.73 Å². The Balaban J connectivity index is 3.12. The Kier molecular flexibility index (Phi) is 0.783.